The number of nitrogens with one attached hydrogen (secondary N) is 1. The molecule has 3 N–H and O–H groups in total. The minimum absolute atomic E-state index is 0.138. The van der Waals surface area contributed by atoms with Gasteiger partial charge in [0, 0.05) is 5.69 Å². The van der Waals surface area contributed by atoms with E-state index in [-0.39, 0.29) is 5.91 Å². The zero-order chi connectivity index (χ0) is 13.2. The maximum absolute atomic E-state index is 12.1. The largest absolute Gasteiger partial charge is 0.495 e. The second-order valence-electron chi connectivity index (χ2n) is 4.67. The quantitative estimate of drug-likeness (QED) is 0.885. The van der Waals surface area contributed by atoms with Crippen LogP contribution in [-0.2, 0) is 4.79 Å². The van der Waals surface area contributed by atoms with E-state index in [1.165, 1.54) is 0 Å². The molecule has 1 aliphatic carbocycles. The van der Waals surface area contributed by atoms with Crippen molar-refractivity contribution in [2.24, 2.45) is 5.73 Å². The Morgan fingerprint density at radius 3 is 2.67 bits per heavy atom. The SMILES string of the molecule is COc1ccc(NC(=O)C2(N)CCCC2)cc1Cl. The smallest absolute Gasteiger partial charge is 0.244 e. The summed E-state index contributed by atoms with van der Waals surface area (Å²) in [6, 6.07) is 5.13. The second-order valence-corrected chi connectivity index (χ2v) is 5.07. The average molecular weight is 269 g/mol. The number of anilines is 1. The molecule has 1 aromatic rings. The van der Waals surface area contributed by atoms with Crippen LogP contribution in [0.3, 0.4) is 0 Å². The third-order valence-corrected chi connectivity index (χ3v) is 3.65. The van der Waals surface area contributed by atoms with E-state index in [4.69, 9.17) is 22.1 Å². The Labute approximate surface area is 111 Å². The first kappa shape index (κ1) is 13.2. The highest BCUT2D eigenvalue weighted by Gasteiger charge is 2.36. The van der Waals surface area contributed by atoms with E-state index < -0.39 is 5.54 Å². The van der Waals surface area contributed by atoms with E-state index in [1.807, 2.05) is 0 Å². The van der Waals surface area contributed by atoms with Crippen LogP contribution >= 0.6 is 11.6 Å². The molecule has 0 unspecified atom stereocenters. The van der Waals surface area contributed by atoms with Gasteiger partial charge in [-0.3, -0.25) is 4.79 Å². The minimum atomic E-state index is -0.730. The normalized spacial score (nSPS) is 17.5. The number of methoxy groups -OCH3 is 1. The number of halogens is 1. The van der Waals surface area contributed by atoms with Crippen LogP contribution < -0.4 is 15.8 Å². The Morgan fingerprint density at radius 1 is 1.44 bits per heavy atom. The highest BCUT2D eigenvalue weighted by molar-refractivity contribution is 6.32. The molecule has 0 radical (unpaired) electrons. The number of hydrogen-bond acceptors (Lipinski definition) is 3. The molecular formula is C13H17ClN2O2. The number of nitrogens with two attached hydrogens (primary N) is 1. The van der Waals surface area contributed by atoms with Crippen LogP contribution in [0.25, 0.3) is 0 Å². The maximum Gasteiger partial charge on any atom is 0.244 e. The first-order valence-corrected chi connectivity index (χ1v) is 6.37. The maximum atomic E-state index is 12.1. The number of carbonyl (C=O) groups excluding carboxylic acids is 1. The van der Waals surface area contributed by atoms with E-state index in [0.29, 0.717) is 16.5 Å². The molecule has 0 aliphatic heterocycles. The van der Waals surface area contributed by atoms with Crippen molar-refractivity contribution in [2.45, 2.75) is 31.2 Å². The third-order valence-electron chi connectivity index (χ3n) is 3.36. The molecule has 0 heterocycles. The summed E-state index contributed by atoms with van der Waals surface area (Å²) in [6.07, 6.45) is 3.49. The van der Waals surface area contributed by atoms with Crippen molar-refractivity contribution < 1.29 is 9.53 Å². The monoisotopic (exact) mass is 268 g/mol. The Hall–Kier alpha value is -1.26. The molecule has 1 amide bonds. The molecule has 2 rings (SSSR count). The molecule has 1 saturated carbocycles. The van der Waals surface area contributed by atoms with Crippen molar-refractivity contribution in [2.75, 3.05) is 12.4 Å². The van der Waals surface area contributed by atoms with Crippen molar-refractivity contribution in [1.82, 2.24) is 0 Å². The van der Waals surface area contributed by atoms with Crippen LogP contribution in [0.5, 0.6) is 5.75 Å². The Bertz CT molecular complexity index is 456. The zero-order valence-corrected chi connectivity index (χ0v) is 11.1. The molecule has 0 bridgehead atoms. The van der Waals surface area contributed by atoms with E-state index in [0.717, 1.165) is 25.7 Å². The summed E-state index contributed by atoms with van der Waals surface area (Å²) in [6.45, 7) is 0. The Morgan fingerprint density at radius 2 is 2.11 bits per heavy atom. The van der Waals surface area contributed by atoms with Crippen molar-refractivity contribution in [3.8, 4) is 5.75 Å². The lowest BCUT2D eigenvalue weighted by molar-refractivity contribution is -0.121. The van der Waals surface area contributed by atoms with Crippen LogP contribution in [0.1, 0.15) is 25.7 Å². The van der Waals surface area contributed by atoms with E-state index in [2.05, 4.69) is 5.32 Å². The molecular weight excluding hydrogens is 252 g/mol. The van der Waals surface area contributed by atoms with Gasteiger partial charge in [-0.1, -0.05) is 24.4 Å². The van der Waals surface area contributed by atoms with E-state index >= 15 is 0 Å². The van der Waals surface area contributed by atoms with Gasteiger partial charge in [0.2, 0.25) is 5.91 Å². The van der Waals surface area contributed by atoms with Gasteiger partial charge >= 0.3 is 0 Å². The van der Waals surface area contributed by atoms with E-state index in [1.54, 1.807) is 25.3 Å². The summed E-state index contributed by atoms with van der Waals surface area (Å²) < 4.78 is 5.06. The topological polar surface area (TPSA) is 64.3 Å². The van der Waals surface area contributed by atoms with Gasteiger partial charge in [0.1, 0.15) is 5.75 Å². The fourth-order valence-electron chi connectivity index (χ4n) is 2.23. The Kier molecular flexibility index (Phi) is 3.78. The first-order chi connectivity index (χ1) is 8.55. The van der Waals surface area contributed by atoms with Gasteiger partial charge < -0.3 is 15.8 Å². The standard InChI is InChI=1S/C13H17ClN2O2/c1-18-11-5-4-9(8-10(11)14)16-12(17)13(15)6-2-3-7-13/h4-5,8H,2-3,6-7,15H2,1H3,(H,16,17). The molecule has 0 aromatic heterocycles. The summed E-state index contributed by atoms with van der Waals surface area (Å²) in [5, 5.41) is 3.28. The lowest BCUT2D eigenvalue weighted by atomic mass is 9.98. The van der Waals surface area contributed by atoms with Crippen LogP contribution in [-0.4, -0.2) is 18.6 Å². The summed E-state index contributed by atoms with van der Waals surface area (Å²) in [7, 11) is 1.55. The third kappa shape index (κ3) is 2.60. The molecule has 18 heavy (non-hydrogen) atoms. The second kappa shape index (κ2) is 5.16. The summed E-state index contributed by atoms with van der Waals surface area (Å²) in [5.41, 5.74) is 5.99. The van der Waals surface area contributed by atoms with Gasteiger partial charge in [-0.15, -0.1) is 0 Å². The highest BCUT2D eigenvalue weighted by atomic mass is 35.5. The molecule has 98 valence electrons. The first-order valence-electron chi connectivity index (χ1n) is 5.99. The van der Waals surface area contributed by atoms with Gasteiger partial charge in [-0.25, -0.2) is 0 Å². The van der Waals surface area contributed by atoms with Gasteiger partial charge in [0.25, 0.3) is 0 Å². The predicted octanol–water partition coefficient (Wildman–Crippen LogP) is 2.56. The van der Waals surface area contributed by atoms with Crippen LogP contribution in [0.15, 0.2) is 18.2 Å². The van der Waals surface area contributed by atoms with Crippen molar-refractivity contribution in [1.29, 1.82) is 0 Å². The van der Waals surface area contributed by atoms with E-state index in [9.17, 15) is 4.79 Å². The van der Waals surface area contributed by atoms with Gasteiger partial charge in [0.05, 0.1) is 17.7 Å². The van der Waals surface area contributed by atoms with Crippen LogP contribution in [0.2, 0.25) is 5.02 Å². The molecule has 4 nitrogen and oxygen atoms in total. The van der Waals surface area contributed by atoms with Gasteiger partial charge in [-0.05, 0) is 31.0 Å². The van der Waals surface area contributed by atoms with Crippen LogP contribution in [0, 0.1) is 0 Å². The summed E-state index contributed by atoms with van der Waals surface area (Å²) in [5.74, 6) is 0.444. The van der Waals surface area contributed by atoms with Gasteiger partial charge in [-0.2, -0.15) is 0 Å². The number of hydrogen-bond donors (Lipinski definition) is 2. The lowest BCUT2D eigenvalue weighted by Crippen LogP contribution is -2.48. The zero-order valence-electron chi connectivity index (χ0n) is 10.3. The number of amides is 1. The highest BCUT2D eigenvalue weighted by Crippen LogP contribution is 2.30. The van der Waals surface area contributed by atoms with Crippen molar-refractivity contribution >= 4 is 23.2 Å². The predicted molar refractivity (Wildman–Crippen MR) is 72.0 cm³/mol. The number of benzene rings is 1. The minimum Gasteiger partial charge on any atom is -0.495 e. The molecule has 5 heteroatoms. The Balaban J connectivity index is 2.09. The molecule has 0 saturated heterocycles. The van der Waals surface area contributed by atoms with Crippen molar-refractivity contribution in [3.63, 3.8) is 0 Å². The van der Waals surface area contributed by atoms with Crippen molar-refractivity contribution in [3.05, 3.63) is 23.2 Å². The number of ether oxygens (including phenoxy) is 1. The fourth-order valence-corrected chi connectivity index (χ4v) is 2.49. The number of carbonyl (C=O) groups is 1. The molecule has 1 fully saturated rings. The molecule has 0 atom stereocenters. The van der Waals surface area contributed by atoms with Gasteiger partial charge in [0.15, 0.2) is 0 Å². The average Bonchev–Trinajstić information content (AvgIpc) is 2.78. The molecule has 1 aliphatic rings. The lowest BCUT2D eigenvalue weighted by Gasteiger charge is -2.22. The summed E-state index contributed by atoms with van der Waals surface area (Å²) in [4.78, 5) is 12.1. The summed E-state index contributed by atoms with van der Waals surface area (Å²) >= 11 is 6.00. The van der Waals surface area contributed by atoms with Crippen LogP contribution in [0.4, 0.5) is 5.69 Å². The fraction of sp³-hybridized carbons (Fsp3) is 0.462. The number of rotatable bonds is 3. The molecule has 0 spiro atoms. The molecule has 1 aromatic carbocycles.